The van der Waals surface area contributed by atoms with Crippen molar-refractivity contribution < 1.29 is 4.42 Å². The van der Waals surface area contributed by atoms with E-state index in [1.807, 2.05) is 36.4 Å². The highest BCUT2D eigenvalue weighted by atomic mass is 16.3. The summed E-state index contributed by atoms with van der Waals surface area (Å²) < 4.78 is 6.56. The summed E-state index contributed by atoms with van der Waals surface area (Å²) in [5.41, 5.74) is 16.5. The molecule has 3 heteroatoms. The maximum Gasteiger partial charge on any atom is 0.227 e. The van der Waals surface area contributed by atoms with Gasteiger partial charge in [0.15, 0.2) is 5.58 Å². The van der Waals surface area contributed by atoms with Gasteiger partial charge in [-0.15, -0.1) is 0 Å². The zero-order chi connectivity index (χ0) is 35.6. The van der Waals surface area contributed by atoms with Crippen LogP contribution in [0, 0.1) is 11.3 Å². The third kappa shape index (κ3) is 6.42. The summed E-state index contributed by atoms with van der Waals surface area (Å²) in [6.07, 6.45) is 0. The first-order valence-corrected chi connectivity index (χ1v) is 17.7. The molecule has 0 radical (unpaired) electrons. The number of fused-ring (bicyclic) bond motifs is 1. The normalized spacial score (nSPS) is 11.0. The van der Waals surface area contributed by atoms with Crippen LogP contribution in [0.4, 0.5) is 0 Å². The van der Waals surface area contributed by atoms with Gasteiger partial charge in [-0.05, 0) is 97.6 Å². The first-order valence-electron chi connectivity index (χ1n) is 17.7. The highest BCUT2D eigenvalue weighted by Crippen LogP contribution is 2.38. The quantitative estimate of drug-likeness (QED) is 0.169. The second-order valence-electron chi connectivity index (χ2n) is 13.1. The van der Waals surface area contributed by atoms with E-state index in [-0.39, 0.29) is 0 Å². The number of benzene rings is 8. The van der Waals surface area contributed by atoms with E-state index < -0.39 is 0 Å². The molecule has 53 heavy (non-hydrogen) atoms. The summed E-state index contributed by atoms with van der Waals surface area (Å²) in [6.45, 7) is 0. The van der Waals surface area contributed by atoms with Crippen molar-refractivity contribution in [1.82, 2.24) is 4.98 Å². The Hall–Kier alpha value is -7.28. The van der Waals surface area contributed by atoms with Crippen molar-refractivity contribution >= 4 is 11.1 Å². The Morgan fingerprint density at radius 1 is 0.358 bits per heavy atom. The summed E-state index contributed by atoms with van der Waals surface area (Å²) in [5.74, 6) is 0.585. The first kappa shape index (κ1) is 31.7. The van der Waals surface area contributed by atoms with Gasteiger partial charge in [0, 0.05) is 11.1 Å². The molecule has 0 fully saturated rings. The van der Waals surface area contributed by atoms with Crippen LogP contribution in [0.15, 0.2) is 199 Å². The van der Waals surface area contributed by atoms with Crippen molar-refractivity contribution in [2.75, 3.05) is 0 Å². The molecule has 0 saturated carbocycles. The maximum atomic E-state index is 9.20. The molecule has 9 aromatic rings. The van der Waals surface area contributed by atoms with Crippen LogP contribution in [-0.4, -0.2) is 4.98 Å². The number of nitrogens with zero attached hydrogens (tertiary/aromatic N) is 2. The molecule has 0 spiro atoms. The lowest BCUT2D eigenvalue weighted by atomic mass is 9.95. The summed E-state index contributed by atoms with van der Waals surface area (Å²) in [7, 11) is 0. The fourth-order valence-corrected chi connectivity index (χ4v) is 6.90. The Balaban J connectivity index is 1.07. The van der Waals surface area contributed by atoms with Gasteiger partial charge in [-0.3, -0.25) is 0 Å². The minimum atomic E-state index is 0.585. The smallest absolute Gasteiger partial charge is 0.227 e. The van der Waals surface area contributed by atoms with Crippen LogP contribution in [0.2, 0.25) is 0 Å². The van der Waals surface area contributed by atoms with E-state index in [9.17, 15) is 5.26 Å². The second-order valence-corrected chi connectivity index (χ2v) is 13.1. The molecular weight excluding hydrogens is 645 g/mol. The zero-order valence-electron chi connectivity index (χ0n) is 28.8. The van der Waals surface area contributed by atoms with Crippen LogP contribution in [0.5, 0.6) is 0 Å². The molecule has 3 nitrogen and oxygen atoms in total. The fourth-order valence-electron chi connectivity index (χ4n) is 6.90. The van der Waals surface area contributed by atoms with Gasteiger partial charge in [-0.2, -0.15) is 5.26 Å². The molecule has 0 saturated heterocycles. The predicted molar refractivity (Wildman–Crippen MR) is 217 cm³/mol. The third-order valence-electron chi connectivity index (χ3n) is 9.82. The molecule has 0 unspecified atom stereocenters. The summed E-state index contributed by atoms with van der Waals surface area (Å²) in [4.78, 5) is 5.10. The van der Waals surface area contributed by atoms with Crippen molar-refractivity contribution in [3.05, 3.63) is 200 Å². The van der Waals surface area contributed by atoms with Crippen LogP contribution in [0.25, 0.3) is 89.3 Å². The zero-order valence-corrected chi connectivity index (χ0v) is 28.8. The standard InChI is InChI=1S/C50H32N2O/c51-33-34-11-13-37(14-12-34)40-19-21-43(22-20-40)46-31-47(44-27-23-39(24-28-44)36-9-5-2-6-10-36)49-48(32-46)53-50(52-49)45-29-25-42(26-30-45)41-17-15-38(16-18-41)35-7-3-1-4-8-35/h1-32H. The fraction of sp³-hybridized carbons (Fsp3) is 0. The third-order valence-corrected chi connectivity index (χ3v) is 9.82. The van der Waals surface area contributed by atoms with Crippen molar-refractivity contribution in [2.45, 2.75) is 0 Å². The van der Waals surface area contributed by atoms with E-state index in [2.05, 4.69) is 164 Å². The van der Waals surface area contributed by atoms with Crippen LogP contribution in [0.1, 0.15) is 5.56 Å². The van der Waals surface area contributed by atoms with Crippen molar-refractivity contribution in [2.24, 2.45) is 0 Å². The van der Waals surface area contributed by atoms with E-state index in [0.717, 1.165) is 66.7 Å². The average molecular weight is 677 g/mol. The molecule has 1 heterocycles. The molecule has 0 aliphatic rings. The maximum absolute atomic E-state index is 9.20. The first-order chi connectivity index (χ1) is 26.2. The lowest BCUT2D eigenvalue weighted by Gasteiger charge is -2.09. The number of hydrogen-bond acceptors (Lipinski definition) is 3. The summed E-state index contributed by atoms with van der Waals surface area (Å²) in [5, 5.41) is 9.20. The van der Waals surface area contributed by atoms with E-state index >= 15 is 0 Å². The molecule has 1 aromatic heterocycles. The largest absolute Gasteiger partial charge is 0.436 e. The number of rotatable bonds is 7. The Labute approximate surface area is 308 Å². The molecule has 0 aliphatic carbocycles. The van der Waals surface area contributed by atoms with Gasteiger partial charge in [0.2, 0.25) is 5.89 Å². The Kier molecular flexibility index (Phi) is 8.25. The summed E-state index contributed by atoms with van der Waals surface area (Å²) >= 11 is 0. The van der Waals surface area contributed by atoms with Crippen LogP contribution < -0.4 is 0 Å². The van der Waals surface area contributed by atoms with Crippen molar-refractivity contribution in [3.63, 3.8) is 0 Å². The summed E-state index contributed by atoms with van der Waals surface area (Å²) in [6, 6.07) is 69.3. The molecule has 0 N–H and O–H groups in total. The predicted octanol–water partition coefficient (Wildman–Crippen LogP) is 13.4. The van der Waals surface area contributed by atoms with Gasteiger partial charge in [-0.1, -0.05) is 158 Å². The molecule has 9 rings (SSSR count). The van der Waals surface area contributed by atoms with Crippen LogP contribution in [0.3, 0.4) is 0 Å². The molecule has 0 bridgehead atoms. The Bertz CT molecular complexity index is 2700. The van der Waals surface area contributed by atoms with Gasteiger partial charge in [0.1, 0.15) is 5.52 Å². The van der Waals surface area contributed by atoms with Crippen LogP contribution >= 0.6 is 0 Å². The highest BCUT2D eigenvalue weighted by molar-refractivity contribution is 5.96. The Morgan fingerprint density at radius 2 is 0.717 bits per heavy atom. The number of aromatic nitrogens is 1. The molecule has 248 valence electrons. The Morgan fingerprint density at radius 3 is 1.15 bits per heavy atom. The lowest BCUT2D eigenvalue weighted by Crippen LogP contribution is -1.86. The molecule has 8 aromatic carbocycles. The highest BCUT2D eigenvalue weighted by Gasteiger charge is 2.17. The van der Waals surface area contributed by atoms with E-state index in [0.29, 0.717) is 11.5 Å². The van der Waals surface area contributed by atoms with Crippen LogP contribution in [-0.2, 0) is 0 Å². The van der Waals surface area contributed by atoms with E-state index in [1.165, 1.54) is 16.7 Å². The van der Waals surface area contributed by atoms with E-state index in [4.69, 9.17) is 9.40 Å². The van der Waals surface area contributed by atoms with Gasteiger partial charge >= 0.3 is 0 Å². The van der Waals surface area contributed by atoms with Gasteiger partial charge in [-0.25, -0.2) is 4.98 Å². The minimum absolute atomic E-state index is 0.585. The second kappa shape index (κ2) is 13.8. The molecular formula is C50H32N2O. The van der Waals surface area contributed by atoms with Gasteiger partial charge in [0.05, 0.1) is 11.6 Å². The monoisotopic (exact) mass is 676 g/mol. The van der Waals surface area contributed by atoms with Crippen molar-refractivity contribution in [3.8, 4) is 84.3 Å². The molecule has 0 aliphatic heterocycles. The molecule has 0 atom stereocenters. The number of hydrogen-bond donors (Lipinski definition) is 0. The lowest BCUT2D eigenvalue weighted by molar-refractivity contribution is 0.620. The van der Waals surface area contributed by atoms with Gasteiger partial charge in [0.25, 0.3) is 0 Å². The SMILES string of the molecule is N#Cc1ccc(-c2ccc(-c3cc(-c4ccc(-c5ccccc5)cc4)c4nc(-c5ccc(-c6ccc(-c7ccccc7)cc6)cc5)oc4c3)cc2)cc1. The van der Waals surface area contributed by atoms with E-state index in [1.54, 1.807) is 0 Å². The number of nitriles is 1. The minimum Gasteiger partial charge on any atom is -0.436 e. The average Bonchev–Trinajstić information content (AvgIpc) is 3.69. The van der Waals surface area contributed by atoms with Crippen molar-refractivity contribution in [1.29, 1.82) is 5.26 Å². The molecule has 0 amide bonds. The van der Waals surface area contributed by atoms with Gasteiger partial charge < -0.3 is 4.42 Å². The number of oxazole rings is 1. The topological polar surface area (TPSA) is 49.8 Å².